The number of nitrogens with one attached hydrogen (secondary N) is 1. The highest BCUT2D eigenvalue weighted by atomic mass is 32.2. The van der Waals surface area contributed by atoms with E-state index in [0.717, 1.165) is 54.5 Å². The molecule has 4 aromatic rings. The molecule has 0 bridgehead atoms. The summed E-state index contributed by atoms with van der Waals surface area (Å²) in [5.41, 5.74) is 2.83. The average molecular weight is 474 g/mol. The van der Waals surface area contributed by atoms with Gasteiger partial charge >= 0.3 is 0 Å². The Hall–Kier alpha value is -3.52. The van der Waals surface area contributed by atoms with Gasteiger partial charge in [0.1, 0.15) is 11.0 Å². The lowest BCUT2D eigenvalue weighted by Crippen LogP contribution is -2.23. The van der Waals surface area contributed by atoms with Crippen LogP contribution in [0.5, 0.6) is 0 Å². The molecule has 2 aromatic carbocycles. The van der Waals surface area contributed by atoms with Crippen molar-refractivity contribution < 1.29 is 9.21 Å². The Morgan fingerprint density at radius 2 is 1.79 bits per heavy atom. The highest BCUT2D eigenvalue weighted by Crippen LogP contribution is 2.37. The van der Waals surface area contributed by atoms with Crippen LogP contribution >= 0.6 is 11.8 Å². The van der Waals surface area contributed by atoms with Crippen LogP contribution < -0.4 is 10.2 Å². The predicted molar refractivity (Wildman–Crippen MR) is 134 cm³/mol. The first-order valence-electron chi connectivity index (χ1n) is 11.5. The summed E-state index contributed by atoms with van der Waals surface area (Å²) in [6.07, 6.45) is 3.95. The van der Waals surface area contributed by atoms with Crippen LogP contribution in [0.1, 0.15) is 35.0 Å². The number of benzene rings is 2. The second-order valence-corrected chi connectivity index (χ2v) is 9.48. The van der Waals surface area contributed by atoms with Crippen LogP contribution in [-0.2, 0) is 11.3 Å². The molecule has 1 atom stereocenters. The molecule has 1 saturated heterocycles. The quantitative estimate of drug-likeness (QED) is 0.350. The highest BCUT2D eigenvalue weighted by Gasteiger charge is 2.28. The molecule has 8 heteroatoms. The molecule has 0 aliphatic carbocycles. The van der Waals surface area contributed by atoms with Gasteiger partial charge in [-0.3, -0.25) is 9.36 Å². The maximum Gasteiger partial charge on any atom is 0.242 e. The molecule has 5 rings (SSSR count). The molecule has 0 radical (unpaired) electrons. The summed E-state index contributed by atoms with van der Waals surface area (Å²) in [5, 5.41) is 12.3. The Labute approximate surface area is 203 Å². The number of aryl methyl sites for hydroxylation is 1. The van der Waals surface area contributed by atoms with Crippen molar-refractivity contribution in [3.05, 3.63) is 89.9 Å². The van der Waals surface area contributed by atoms with Gasteiger partial charge < -0.3 is 14.6 Å². The maximum absolute atomic E-state index is 13.5. The molecule has 174 valence electrons. The molecule has 1 amide bonds. The summed E-state index contributed by atoms with van der Waals surface area (Å²) in [5.74, 6) is 1.54. The zero-order valence-electron chi connectivity index (χ0n) is 19.1. The number of aromatic nitrogens is 3. The fourth-order valence-corrected chi connectivity index (χ4v) is 5.10. The average Bonchev–Trinajstić information content (AvgIpc) is 3.63. The van der Waals surface area contributed by atoms with Crippen molar-refractivity contribution in [3.63, 3.8) is 0 Å². The molecular weight excluding hydrogens is 446 g/mol. The number of amides is 1. The van der Waals surface area contributed by atoms with Crippen LogP contribution in [0.15, 0.2) is 82.6 Å². The minimum atomic E-state index is -0.492. The molecule has 0 spiro atoms. The first-order chi connectivity index (χ1) is 16.7. The van der Waals surface area contributed by atoms with Crippen molar-refractivity contribution in [1.29, 1.82) is 0 Å². The Morgan fingerprint density at radius 1 is 1.03 bits per heavy atom. The fraction of sp³-hybridized carbons (Fsp3) is 0.269. The molecule has 7 nitrogen and oxygen atoms in total. The molecule has 2 aromatic heterocycles. The molecule has 1 aliphatic rings. The number of hydrogen-bond donors (Lipinski definition) is 1. The van der Waals surface area contributed by atoms with Crippen LogP contribution in [0.2, 0.25) is 0 Å². The normalized spacial score (nSPS) is 14.3. The predicted octanol–water partition coefficient (Wildman–Crippen LogP) is 5.30. The molecule has 1 aliphatic heterocycles. The van der Waals surface area contributed by atoms with Crippen molar-refractivity contribution in [2.45, 2.75) is 36.7 Å². The van der Waals surface area contributed by atoms with Gasteiger partial charge in [-0.25, -0.2) is 0 Å². The van der Waals surface area contributed by atoms with Gasteiger partial charge in [0, 0.05) is 18.8 Å². The zero-order valence-corrected chi connectivity index (χ0v) is 19.9. The van der Waals surface area contributed by atoms with Crippen LogP contribution in [-0.4, -0.2) is 33.8 Å². The van der Waals surface area contributed by atoms with Crippen LogP contribution in [0.25, 0.3) is 0 Å². The van der Waals surface area contributed by atoms with Crippen molar-refractivity contribution in [2.75, 3.05) is 23.3 Å². The topological polar surface area (TPSA) is 76.2 Å². The zero-order chi connectivity index (χ0) is 23.3. The second kappa shape index (κ2) is 10.2. The third kappa shape index (κ3) is 5.02. The minimum absolute atomic E-state index is 0.102. The Balaban J connectivity index is 1.46. The van der Waals surface area contributed by atoms with E-state index in [4.69, 9.17) is 4.42 Å². The molecular formula is C26H27N5O2S. The third-order valence-electron chi connectivity index (χ3n) is 5.86. The lowest BCUT2D eigenvalue weighted by molar-refractivity contribution is -0.115. The smallest absolute Gasteiger partial charge is 0.242 e. The minimum Gasteiger partial charge on any atom is -0.467 e. The van der Waals surface area contributed by atoms with E-state index in [2.05, 4.69) is 25.0 Å². The first-order valence-corrected chi connectivity index (χ1v) is 12.3. The van der Waals surface area contributed by atoms with E-state index in [-0.39, 0.29) is 5.91 Å². The number of anilines is 2. The molecule has 1 unspecified atom stereocenters. The van der Waals surface area contributed by atoms with Gasteiger partial charge in [0.15, 0.2) is 5.16 Å². The van der Waals surface area contributed by atoms with Gasteiger partial charge in [0.2, 0.25) is 11.9 Å². The summed E-state index contributed by atoms with van der Waals surface area (Å²) in [7, 11) is 0. The van der Waals surface area contributed by atoms with Crippen molar-refractivity contribution in [3.8, 4) is 0 Å². The van der Waals surface area contributed by atoms with E-state index >= 15 is 0 Å². The van der Waals surface area contributed by atoms with E-state index in [0.29, 0.717) is 11.7 Å². The number of hydrogen-bond acceptors (Lipinski definition) is 6. The summed E-state index contributed by atoms with van der Waals surface area (Å²) in [6.45, 7) is 4.45. The van der Waals surface area contributed by atoms with Gasteiger partial charge in [-0.1, -0.05) is 59.8 Å². The molecule has 1 fully saturated rings. The first kappa shape index (κ1) is 22.3. The van der Waals surface area contributed by atoms with Crippen LogP contribution in [0.4, 0.5) is 11.6 Å². The largest absolute Gasteiger partial charge is 0.467 e. The van der Waals surface area contributed by atoms with Gasteiger partial charge in [-0.2, -0.15) is 0 Å². The molecule has 3 heterocycles. The van der Waals surface area contributed by atoms with E-state index in [9.17, 15) is 4.79 Å². The summed E-state index contributed by atoms with van der Waals surface area (Å²) >= 11 is 1.41. The lowest BCUT2D eigenvalue weighted by atomic mass is 10.1. The SMILES string of the molecule is Cc1ccc(NC(=O)C(Sc2nnc(N3CCCC3)n2Cc2ccco2)c2ccccc2)cc1. The maximum atomic E-state index is 13.5. The van der Waals surface area contributed by atoms with Crippen molar-refractivity contribution in [2.24, 2.45) is 0 Å². The van der Waals surface area contributed by atoms with Gasteiger partial charge in [0.05, 0.1) is 12.8 Å². The number of rotatable bonds is 8. The van der Waals surface area contributed by atoms with Crippen molar-refractivity contribution in [1.82, 2.24) is 14.8 Å². The van der Waals surface area contributed by atoms with Crippen LogP contribution in [0, 0.1) is 6.92 Å². The Bertz CT molecular complexity index is 1220. The highest BCUT2D eigenvalue weighted by molar-refractivity contribution is 8.00. The van der Waals surface area contributed by atoms with Gasteiger partial charge in [-0.15, -0.1) is 10.2 Å². The number of carbonyl (C=O) groups is 1. The van der Waals surface area contributed by atoms with E-state index in [1.807, 2.05) is 73.7 Å². The van der Waals surface area contributed by atoms with E-state index in [1.165, 1.54) is 11.8 Å². The fourth-order valence-electron chi connectivity index (χ4n) is 4.07. The molecule has 1 N–H and O–H groups in total. The summed E-state index contributed by atoms with van der Waals surface area (Å²) in [6, 6.07) is 21.4. The Kier molecular flexibility index (Phi) is 6.67. The number of carbonyl (C=O) groups excluding carboxylic acids is 1. The number of thioether (sulfide) groups is 1. The van der Waals surface area contributed by atoms with E-state index < -0.39 is 5.25 Å². The van der Waals surface area contributed by atoms with Crippen molar-refractivity contribution >= 4 is 29.3 Å². The lowest BCUT2D eigenvalue weighted by Gasteiger charge is -2.20. The van der Waals surface area contributed by atoms with Gasteiger partial charge in [-0.05, 0) is 49.6 Å². The van der Waals surface area contributed by atoms with Crippen LogP contribution in [0.3, 0.4) is 0 Å². The summed E-state index contributed by atoms with van der Waals surface area (Å²) in [4.78, 5) is 15.7. The summed E-state index contributed by atoms with van der Waals surface area (Å²) < 4.78 is 7.68. The second-order valence-electron chi connectivity index (χ2n) is 8.41. The van der Waals surface area contributed by atoms with Gasteiger partial charge in [0.25, 0.3) is 0 Å². The van der Waals surface area contributed by atoms with E-state index in [1.54, 1.807) is 6.26 Å². The Morgan fingerprint density at radius 3 is 2.50 bits per heavy atom. The number of furan rings is 1. The molecule has 0 saturated carbocycles. The standard InChI is InChI=1S/C26H27N5O2S/c1-19-11-13-21(14-12-19)27-24(32)23(20-8-3-2-4-9-20)34-26-29-28-25(30-15-5-6-16-30)31(26)18-22-10-7-17-33-22/h2-4,7-14,17,23H,5-6,15-16,18H2,1H3,(H,27,32). The molecule has 34 heavy (non-hydrogen) atoms. The monoisotopic (exact) mass is 473 g/mol. The third-order valence-corrected chi connectivity index (χ3v) is 7.10. The number of nitrogens with zero attached hydrogens (tertiary/aromatic N) is 4.